The summed E-state index contributed by atoms with van der Waals surface area (Å²) in [6.07, 6.45) is 4.96. The molecule has 0 aliphatic heterocycles. The van der Waals surface area contributed by atoms with E-state index in [0.717, 1.165) is 11.3 Å². The molecule has 1 amide bonds. The fraction of sp³-hybridized carbons (Fsp3) is 0.188. The van der Waals surface area contributed by atoms with Crippen LogP contribution >= 0.6 is 11.8 Å². The van der Waals surface area contributed by atoms with Gasteiger partial charge in [0, 0.05) is 23.7 Å². The molecule has 1 heterocycles. The van der Waals surface area contributed by atoms with Gasteiger partial charge in [0.05, 0.1) is 11.5 Å². The molecular formula is C16H17N3OS. The Kier molecular flexibility index (Phi) is 5.97. The van der Waals surface area contributed by atoms with Crippen LogP contribution < -0.4 is 5.43 Å². The van der Waals surface area contributed by atoms with E-state index in [1.165, 1.54) is 5.56 Å². The molecule has 0 saturated carbocycles. The molecule has 2 aromatic rings. The molecule has 0 aliphatic carbocycles. The summed E-state index contributed by atoms with van der Waals surface area (Å²) in [6.45, 7) is 1.88. The maximum absolute atomic E-state index is 11.9. The first-order chi connectivity index (χ1) is 10.3. The molecule has 4 nitrogen and oxygen atoms in total. The molecule has 1 atom stereocenters. The number of amides is 1. The van der Waals surface area contributed by atoms with E-state index in [4.69, 9.17) is 0 Å². The number of nitrogens with one attached hydrogen (secondary N) is 1. The summed E-state index contributed by atoms with van der Waals surface area (Å²) in [5.41, 5.74) is 4.61. The van der Waals surface area contributed by atoms with Crippen molar-refractivity contribution in [2.45, 2.75) is 17.9 Å². The Balaban J connectivity index is 1.76. The molecule has 0 spiro atoms. The van der Waals surface area contributed by atoms with Crippen LogP contribution in [-0.4, -0.2) is 22.4 Å². The van der Waals surface area contributed by atoms with E-state index in [1.54, 1.807) is 30.4 Å². The van der Waals surface area contributed by atoms with Crippen LogP contribution in [0.3, 0.4) is 0 Å². The maximum atomic E-state index is 11.9. The summed E-state index contributed by atoms with van der Waals surface area (Å²) in [4.78, 5) is 15.9. The van der Waals surface area contributed by atoms with Crippen LogP contribution in [0, 0.1) is 0 Å². The van der Waals surface area contributed by atoms with Crippen LogP contribution in [0.4, 0.5) is 0 Å². The van der Waals surface area contributed by atoms with E-state index in [-0.39, 0.29) is 11.2 Å². The molecule has 1 aromatic heterocycles. The van der Waals surface area contributed by atoms with Gasteiger partial charge < -0.3 is 0 Å². The third kappa shape index (κ3) is 5.39. The van der Waals surface area contributed by atoms with Crippen LogP contribution in [0.1, 0.15) is 18.1 Å². The zero-order valence-corrected chi connectivity index (χ0v) is 12.6. The van der Waals surface area contributed by atoms with Crippen molar-refractivity contribution in [1.29, 1.82) is 0 Å². The summed E-state index contributed by atoms with van der Waals surface area (Å²) in [5.74, 6) is 0.706. The molecule has 0 radical (unpaired) electrons. The lowest BCUT2D eigenvalue weighted by atomic mass is 10.2. The van der Waals surface area contributed by atoms with Crippen LogP contribution in [0.5, 0.6) is 0 Å². The second-order valence-corrected chi connectivity index (χ2v) is 5.79. The van der Waals surface area contributed by atoms with Crippen LogP contribution in [0.15, 0.2) is 60.0 Å². The Morgan fingerprint density at radius 2 is 2.14 bits per heavy atom. The van der Waals surface area contributed by atoms with E-state index in [9.17, 15) is 4.79 Å². The van der Waals surface area contributed by atoms with Crippen LogP contribution in [-0.2, 0) is 10.5 Å². The molecule has 0 unspecified atom stereocenters. The molecular weight excluding hydrogens is 282 g/mol. The molecule has 108 valence electrons. The first-order valence-corrected chi connectivity index (χ1v) is 7.69. The summed E-state index contributed by atoms with van der Waals surface area (Å²) >= 11 is 1.59. The third-order valence-electron chi connectivity index (χ3n) is 2.78. The van der Waals surface area contributed by atoms with Gasteiger partial charge in [-0.15, -0.1) is 11.8 Å². The van der Waals surface area contributed by atoms with E-state index in [2.05, 4.69) is 27.6 Å². The fourth-order valence-corrected chi connectivity index (χ4v) is 2.42. The number of benzene rings is 1. The van der Waals surface area contributed by atoms with Gasteiger partial charge in [-0.3, -0.25) is 9.78 Å². The van der Waals surface area contributed by atoms with E-state index in [0.29, 0.717) is 0 Å². The zero-order chi connectivity index (χ0) is 14.9. The lowest BCUT2D eigenvalue weighted by molar-refractivity contribution is -0.120. The predicted molar refractivity (Wildman–Crippen MR) is 87.2 cm³/mol. The first kappa shape index (κ1) is 15.3. The fourth-order valence-electron chi connectivity index (χ4n) is 1.58. The minimum Gasteiger partial charge on any atom is -0.272 e. The van der Waals surface area contributed by atoms with Crippen LogP contribution in [0.2, 0.25) is 0 Å². The second-order valence-electron chi connectivity index (χ2n) is 4.46. The number of hydrogen-bond donors (Lipinski definition) is 1. The summed E-state index contributed by atoms with van der Waals surface area (Å²) in [6, 6.07) is 13.8. The van der Waals surface area contributed by atoms with E-state index in [1.807, 2.05) is 37.3 Å². The highest BCUT2D eigenvalue weighted by Crippen LogP contribution is 2.17. The number of aromatic nitrogens is 1. The van der Waals surface area contributed by atoms with Gasteiger partial charge in [0.2, 0.25) is 0 Å². The molecule has 1 aromatic carbocycles. The molecule has 5 heteroatoms. The van der Waals surface area contributed by atoms with Gasteiger partial charge in [0.1, 0.15) is 0 Å². The standard InChI is InChI=1S/C16H17N3OS/c1-13(21-12-14-6-3-2-4-7-14)16(20)19-18-11-15-8-5-9-17-10-15/h2-11,13H,12H2,1H3,(H,19,20)/b18-11-/t13-/m1/s1. The summed E-state index contributed by atoms with van der Waals surface area (Å²) < 4.78 is 0. The molecule has 0 aliphatic rings. The quantitative estimate of drug-likeness (QED) is 0.659. The number of nitrogens with zero attached hydrogens (tertiary/aromatic N) is 2. The molecule has 0 fully saturated rings. The Morgan fingerprint density at radius 3 is 2.86 bits per heavy atom. The van der Waals surface area contributed by atoms with Crippen molar-refractivity contribution in [1.82, 2.24) is 10.4 Å². The van der Waals surface area contributed by atoms with Crippen LogP contribution in [0.25, 0.3) is 0 Å². The monoisotopic (exact) mass is 299 g/mol. The van der Waals surface area contributed by atoms with Crippen molar-refractivity contribution in [3.8, 4) is 0 Å². The Bertz CT molecular complexity index is 587. The molecule has 0 saturated heterocycles. The predicted octanol–water partition coefficient (Wildman–Crippen LogP) is 2.85. The van der Waals surface area contributed by atoms with Crippen molar-refractivity contribution >= 4 is 23.9 Å². The number of carbonyl (C=O) groups excluding carboxylic acids is 1. The van der Waals surface area contributed by atoms with Crippen molar-refractivity contribution in [2.24, 2.45) is 5.10 Å². The van der Waals surface area contributed by atoms with Gasteiger partial charge in [0.25, 0.3) is 5.91 Å². The number of thioether (sulfide) groups is 1. The van der Waals surface area contributed by atoms with Gasteiger partial charge in [-0.2, -0.15) is 5.10 Å². The number of hydrazone groups is 1. The molecule has 2 rings (SSSR count). The number of hydrogen-bond acceptors (Lipinski definition) is 4. The molecule has 1 N–H and O–H groups in total. The van der Waals surface area contributed by atoms with Gasteiger partial charge in [0.15, 0.2) is 0 Å². The lowest BCUT2D eigenvalue weighted by Gasteiger charge is -2.09. The number of rotatable bonds is 6. The topological polar surface area (TPSA) is 54.4 Å². The van der Waals surface area contributed by atoms with Gasteiger partial charge in [-0.05, 0) is 18.6 Å². The number of pyridine rings is 1. The Labute approximate surface area is 128 Å². The van der Waals surface area contributed by atoms with Crippen molar-refractivity contribution in [3.05, 3.63) is 66.0 Å². The van der Waals surface area contributed by atoms with Gasteiger partial charge in [-0.1, -0.05) is 36.4 Å². The highest BCUT2D eigenvalue weighted by atomic mass is 32.2. The first-order valence-electron chi connectivity index (χ1n) is 6.64. The minimum atomic E-state index is -0.156. The van der Waals surface area contributed by atoms with Crippen molar-refractivity contribution in [2.75, 3.05) is 0 Å². The van der Waals surface area contributed by atoms with Crippen molar-refractivity contribution < 1.29 is 4.79 Å². The Morgan fingerprint density at radius 1 is 1.33 bits per heavy atom. The Hall–Kier alpha value is -2.14. The largest absolute Gasteiger partial charge is 0.272 e. The van der Waals surface area contributed by atoms with E-state index >= 15 is 0 Å². The van der Waals surface area contributed by atoms with E-state index < -0.39 is 0 Å². The minimum absolute atomic E-state index is 0.101. The van der Waals surface area contributed by atoms with Gasteiger partial charge in [-0.25, -0.2) is 5.43 Å². The summed E-state index contributed by atoms with van der Waals surface area (Å²) in [5, 5.41) is 3.78. The molecule has 0 bridgehead atoms. The zero-order valence-electron chi connectivity index (χ0n) is 11.8. The molecule has 21 heavy (non-hydrogen) atoms. The SMILES string of the molecule is C[C@@H](SCc1ccccc1)C(=O)N/N=C\c1cccnc1. The number of carbonyl (C=O) groups is 1. The highest BCUT2D eigenvalue weighted by molar-refractivity contribution is 7.99. The van der Waals surface area contributed by atoms with Crippen molar-refractivity contribution in [3.63, 3.8) is 0 Å². The normalized spacial score (nSPS) is 12.2. The second kappa shape index (κ2) is 8.21. The van der Waals surface area contributed by atoms with Gasteiger partial charge >= 0.3 is 0 Å². The maximum Gasteiger partial charge on any atom is 0.252 e. The lowest BCUT2D eigenvalue weighted by Crippen LogP contribution is -2.27. The summed E-state index contributed by atoms with van der Waals surface area (Å²) in [7, 11) is 0. The smallest absolute Gasteiger partial charge is 0.252 e. The average molecular weight is 299 g/mol. The third-order valence-corrected chi connectivity index (χ3v) is 4.00. The average Bonchev–Trinajstić information content (AvgIpc) is 2.54. The highest BCUT2D eigenvalue weighted by Gasteiger charge is 2.12.